The Hall–Kier alpha value is -1.44. The number of hydrogen-bond donors (Lipinski definition) is 0. The lowest BCUT2D eigenvalue weighted by Crippen LogP contribution is -1.87. The molecule has 21 heavy (non-hydrogen) atoms. The predicted molar refractivity (Wildman–Crippen MR) is 91.7 cm³/mol. The number of nitriles is 1. The van der Waals surface area contributed by atoms with Gasteiger partial charge in [-0.25, -0.2) is 4.99 Å². The van der Waals surface area contributed by atoms with Crippen LogP contribution in [0.1, 0.15) is 40.8 Å². The second kappa shape index (κ2) is 6.55. The maximum atomic E-state index is 9.48. The van der Waals surface area contributed by atoms with E-state index in [1.807, 2.05) is 30.5 Å². The van der Waals surface area contributed by atoms with Crippen LogP contribution < -0.4 is 0 Å². The van der Waals surface area contributed by atoms with Gasteiger partial charge in [-0.3, -0.25) is 0 Å². The first-order valence-electron chi connectivity index (χ1n) is 7.13. The van der Waals surface area contributed by atoms with E-state index in [1.54, 1.807) is 11.3 Å². The fourth-order valence-electron chi connectivity index (χ4n) is 2.64. The van der Waals surface area contributed by atoms with Crippen molar-refractivity contribution in [2.75, 3.05) is 0 Å². The molecule has 1 aromatic heterocycles. The first-order valence-corrected chi connectivity index (χ1v) is 8.74. The van der Waals surface area contributed by atoms with Crippen molar-refractivity contribution in [2.24, 2.45) is 4.99 Å². The maximum Gasteiger partial charge on any atom is 0.134 e. The summed E-state index contributed by atoms with van der Waals surface area (Å²) in [6, 6.07) is 10.3. The van der Waals surface area contributed by atoms with Crippen molar-refractivity contribution in [3.63, 3.8) is 0 Å². The van der Waals surface area contributed by atoms with E-state index in [4.69, 9.17) is 0 Å². The molecule has 106 valence electrons. The van der Waals surface area contributed by atoms with Gasteiger partial charge in [0.2, 0.25) is 0 Å². The van der Waals surface area contributed by atoms with Crippen LogP contribution in [0.3, 0.4) is 0 Å². The van der Waals surface area contributed by atoms with E-state index in [9.17, 15) is 5.26 Å². The van der Waals surface area contributed by atoms with Crippen LogP contribution in [-0.4, -0.2) is 6.21 Å². The number of aryl methyl sites for hydroxylation is 1. The van der Waals surface area contributed by atoms with Crippen LogP contribution >= 0.6 is 27.3 Å². The number of thiophene rings is 1. The summed E-state index contributed by atoms with van der Waals surface area (Å²) in [5.74, 6) is 0. The van der Waals surface area contributed by atoms with Gasteiger partial charge in [0.15, 0.2) is 0 Å². The van der Waals surface area contributed by atoms with E-state index >= 15 is 0 Å². The van der Waals surface area contributed by atoms with Crippen molar-refractivity contribution in [3.05, 3.63) is 50.3 Å². The highest BCUT2D eigenvalue weighted by Gasteiger charge is 2.19. The first kappa shape index (κ1) is 14.5. The molecule has 0 saturated carbocycles. The van der Waals surface area contributed by atoms with E-state index in [-0.39, 0.29) is 0 Å². The Balaban J connectivity index is 1.96. The molecule has 2 nitrogen and oxygen atoms in total. The lowest BCUT2D eigenvalue weighted by atomic mass is 10.1. The zero-order valence-corrected chi connectivity index (χ0v) is 14.0. The largest absolute Gasteiger partial charge is 0.244 e. The number of aliphatic imine (C=N–C) groups is 1. The minimum absolute atomic E-state index is 0.792. The van der Waals surface area contributed by atoms with Gasteiger partial charge in [0.25, 0.3) is 0 Å². The average Bonchev–Trinajstić information content (AvgIpc) is 2.66. The molecule has 3 rings (SSSR count). The van der Waals surface area contributed by atoms with Crippen LogP contribution in [-0.2, 0) is 12.8 Å². The van der Waals surface area contributed by atoms with Crippen LogP contribution in [0.4, 0.5) is 5.00 Å². The number of benzene rings is 1. The highest BCUT2D eigenvalue weighted by atomic mass is 79.9. The number of halogens is 1. The van der Waals surface area contributed by atoms with Crippen LogP contribution in [0.15, 0.2) is 33.7 Å². The van der Waals surface area contributed by atoms with Gasteiger partial charge < -0.3 is 0 Å². The standard InChI is InChI=1S/C17H15BrN2S/c18-15-8-5-4-6-12(15)11-20-17-14(10-19)13-7-2-1-3-9-16(13)21-17/h4-6,8,11H,1-3,7,9H2/b20-11+. The zero-order valence-electron chi connectivity index (χ0n) is 11.6. The van der Waals surface area contributed by atoms with Crippen LogP contribution in [0.25, 0.3) is 0 Å². The van der Waals surface area contributed by atoms with E-state index in [0.717, 1.165) is 33.4 Å². The van der Waals surface area contributed by atoms with Crippen LogP contribution in [0.2, 0.25) is 0 Å². The quantitative estimate of drug-likeness (QED) is 0.522. The number of nitrogens with zero attached hydrogens (tertiary/aromatic N) is 2. The number of fused-ring (bicyclic) bond motifs is 1. The van der Waals surface area contributed by atoms with Gasteiger partial charge >= 0.3 is 0 Å². The van der Waals surface area contributed by atoms with Crippen molar-refractivity contribution in [3.8, 4) is 6.07 Å². The van der Waals surface area contributed by atoms with E-state index in [1.165, 1.54) is 29.7 Å². The number of rotatable bonds is 2. The lowest BCUT2D eigenvalue weighted by Gasteiger charge is -1.97. The van der Waals surface area contributed by atoms with Gasteiger partial charge in [-0.2, -0.15) is 5.26 Å². The van der Waals surface area contributed by atoms with Gasteiger partial charge in [0.05, 0.1) is 5.56 Å². The van der Waals surface area contributed by atoms with Crippen molar-refractivity contribution in [2.45, 2.75) is 32.1 Å². The van der Waals surface area contributed by atoms with Gasteiger partial charge in [-0.15, -0.1) is 11.3 Å². The molecule has 1 aliphatic rings. The molecule has 1 aliphatic carbocycles. The summed E-state index contributed by atoms with van der Waals surface area (Å²) in [5, 5.41) is 10.3. The Bertz CT molecular complexity index is 725. The molecule has 1 aromatic carbocycles. The van der Waals surface area contributed by atoms with Gasteiger partial charge in [-0.1, -0.05) is 40.5 Å². The number of hydrogen-bond acceptors (Lipinski definition) is 3. The average molecular weight is 359 g/mol. The molecule has 0 atom stereocenters. The fraction of sp³-hybridized carbons (Fsp3) is 0.294. The van der Waals surface area contributed by atoms with Gasteiger partial charge in [0.1, 0.15) is 11.1 Å². The van der Waals surface area contributed by atoms with Crippen molar-refractivity contribution in [1.29, 1.82) is 5.26 Å². The van der Waals surface area contributed by atoms with Gasteiger partial charge in [-0.05, 0) is 37.3 Å². The Kier molecular flexibility index (Phi) is 4.52. The fourth-order valence-corrected chi connectivity index (χ4v) is 4.21. The highest BCUT2D eigenvalue weighted by Crippen LogP contribution is 2.38. The lowest BCUT2D eigenvalue weighted by molar-refractivity contribution is 0.712. The molecule has 4 heteroatoms. The molecule has 0 N–H and O–H groups in total. The summed E-state index contributed by atoms with van der Waals surface area (Å²) < 4.78 is 1.02. The molecule has 0 radical (unpaired) electrons. The third-order valence-electron chi connectivity index (χ3n) is 3.74. The summed E-state index contributed by atoms with van der Waals surface area (Å²) in [4.78, 5) is 5.95. The Morgan fingerprint density at radius 2 is 2.00 bits per heavy atom. The van der Waals surface area contributed by atoms with E-state index in [2.05, 4.69) is 27.0 Å². The Morgan fingerprint density at radius 1 is 1.19 bits per heavy atom. The molecule has 1 heterocycles. The molecule has 0 saturated heterocycles. The Morgan fingerprint density at radius 3 is 2.81 bits per heavy atom. The Labute approximate surface area is 137 Å². The summed E-state index contributed by atoms with van der Waals surface area (Å²) >= 11 is 5.21. The minimum atomic E-state index is 0.792. The molecular weight excluding hydrogens is 344 g/mol. The molecule has 0 bridgehead atoms. The monoisotopic (exact) mass is 358 g/mol. The first-order chi connectivity index (χ1) is 10.3. The molecular formula is C17H15BrN2S. The van der Waals surface area contributed by atoms with E-state index < -0.39 is 0 Å². The predicted octanol–water partition coefficient (Wildman–Crippen LogP) is 5.40. The molecule has 0 amide bonds. The second-order valence-electron chi connectivity index (χ2n) is 5.14. The summed E-state index contributed by atoms with van der Waals surface area (Å²) in [6.45, 7) is 0. The van der Waals surface area contributed by atoms with Crippen LogP contribution in [0.5, 0.6) is 0 Å². The van der Waals surface area contributed by atoms with Crippen molar-refractivity contribution >= 4 is 38.5 Å². The molecule has 0 aliphatic heterocycles. The summed E-state index contributed by atoms with van der Waals surface area (Å²) in [6.07, 6.45) is 7.65. The van der Waals surface area contributed by atoms with Crippen LogP contribution in [0, 0.1) is 11.3 Å². The second-order valence-corrected chi connectivity index (χ2v) is 7.07. The van der Waals surface area contributed by atoms with Crippen molar-refractivity contribution in [1.82, 2.24) is 0 Å². The maximum absolute atomic E-state index is 9.48. The topological polar surface area (TPSA) is 36.1 Å². The smallest absolute Gasteiger partial charge is 0.134 e. The van der Waals surface area contributed by atoms with Gasteiger partial charge in [0, 0.05) is 21.1 Å². The zero-order chi connectivity index (χ0) is 14.7. The molecule has 0 fully saturated rings. The molecule has 0 spiro atoms. The van der Waals surface area contributed by atoms with Crippen molar-refractivity contribution < 1.29 is 0 Å². The normalized spacial score (nSPS) is 14.7. The minimum Gasteiger partial charge on any atom is -0.244 e. The molecule has 0 unspecified atom stereocenters. The SMILES string of the molecule is N#Cc1c(/N=C/c2ccccc2Br)sc2c1CCCCC2. The summed E-state index contributed by atoms with van der Waals surface area (Å²) in [5.41, 5.74) is 3.07. The third kappa shape index (κ3) is 3.09. The van der Waals surface area contributed by atoms with E-state index in [0.29, 0.717) is 0 Å². The molecule has 2 aromatic rings. The highest BCUT2D eigenvalue weighted by molar-refractivity contribution is 9.10. The third-order valence-corrected chi connectivity index (χ3v) is 5.66. The summed E-state index contributed by atoms with van der Waals surface area (Å²) in [7, 11) is 0.